The Labute approximate surface area is 154 Å². The number of hydrogen-bond acceptors (Lipinski definition) is 5. The fourth-order valence-electron chi connectivity index (χ4n) is 3.54. The number of likely N-dealkylation sites (N-methyl/N-ethyl adjacent to an activating group) is 1. The number of imidazole rings is 1. The Morgan fingerprint density at radius 3 is 2.65 bits per heavy atom. The molecule has 0 radical (unpaired) electrons. The van der Waals surface area contributed by atoms with Crippen LogP contribution in [0.25, 0.3) is 0 Å². The number of carbonyl (C=O) groups is 2. The maximum absolute atomic E-state index is 13.0. The third kappa shape index (κ3) is 4.07. The largest absolute Gasteiger partial charge is 0.385 e. The molecule has 2 aliphatic heterocycles. The van der Waals surface area contributed by atoms with Crippen LogP contribution < -0.4 is 5.32 Å². The van der Waals surface area contributed by atoms with Crippen molar-refractivity contribution in [3.8, 4) is 0 Å². The minimum Gasteiger partial charge on any atom is -0.385 e. The molecule has 1 aromatic rings. The van der Waals surface area contributed by atoms with Crippen molar-refractivity contribution >= 4 is 11.8 Å². The van der Waals surface area contributed by atoms with E-state index < -0.39 is 0 Å². The summed E-state index contributed by atoms with van der Waals surface area (Å²) in [4.78, 5) is 34.1. The summed E-state index contributed by atoms with van der Waals surface area (Å²) in [5, 5.41) is 2.89. The lowest BCUT2D eigenvalue weighted by molar-refractivity contribution is 0.0657. The van der Waals surface area contributed by atoms with Gasteiger partial charge in [0.2, 0.25) is 0 Å². The van der Waals surface area contributed by atoms with Gasteiger partial charge < -0.3 is 24.4 Å². The van der Waals surface area contributed by atoms with Crippen LogP contribution in [-0.4, -0.2) is 84.7 Å². The van der Waals surface area contributed by atoms with E-state index in [1.54, 1.807) is 7.11 Å². The number of rotatable bonds is 6. The molecular weight excluding hydrogens is 334 g/mol. The van der Waals surface area contributed by atoms with Gasteiger partial charge in [-0.15, -0.1) is 0 Å². The standard InChI is InChI=1S/C18H29N5O3/c1-21-9-11-22(12-10-21)18(25)15-14-6-3-4-8-23(14)16(20-15)17(24)19-7-5-13-26-2/h3-13H2,1-2H3,(H,19,24). The summed E-state index contributed by atoms with van der Waals surface area (Å²) >= 11 is 0. The van der Waals surface area contributed by atoms with E-state index in [0.717, 1.165) is 51.0 Å². The monoisotopic (exact) mass is 363 g/mol. The average Bonchev–Trinajstić information content (AvgIpc) is 3.05. The number of carbonyl (C=O) groups excluding carboxylic acids is 2. The van der Waals surface area contributed by atoms with Gasteiger partial charge in [-0.3, -0.25) is 9.59 Å². The predicted octanol–water partition coefficient (Wildman–Crippen LogP) is 0.373. The number of ether oxygens (including phenoxy) is 1. The number of methoxy groups -OCH3 is 1. The van der Waals surface area contributed by atoms with Crippen molar-refractivity contribution in [2.24, 2.45) is 0 Å². The Kier molecular flexibility index (Phi) is 6.26. The molecule has 0 atom stereocenters. The van der Waals surface area contributed by atoms with Crippen LogP contribution in [-0.2, 0) is 17.7 Å². The third-order valence-electron chi connectivity index (χ3n) is 5.12. The second kappa shape index (κ2) is 8.64. The predicted molar refractivity (Wildman–Crippen MR) is 97.4 cm³/mol. The van der Waals surface area contributed by atoms with Gasteiger partial charge >= 0.3 is 0 Å². The minimum atomic E-state index is -0.207. The topological polar surface area (TPSA) is 79.7 Å². The van der Waals surface area contributed by atoms with E-state index in [2.05, 4.69) is 22.2 Å². The summed E-state index contributed by atoms with van der Waals surface area (Å²) in [6.45, 7) is 5.05. The van der Waals surface area contributed by atoms with E-state index in [1.165, 1.54) is 0 Å². The van der Waals surface area contributed by atoms with Gasteiger partial charge in [-0.05, 0) is 32.7 Å². The Bertz CT molecular complexity index is 649. The molecule has 1 aromatic heterocycles. The third-order valence-corrected chi connectivity index (χ3v) is 5.12. The number of fused-ring (bicyclic) bond motifs is 1. The number of piperazine rings is 1. The van der Waals surface area contributed by atoms with Gasteiger partial charge in [0.15, 0.2) is 5.82 Å². The molecule has 0 unspecified atom stereocenters. The van der Waals surface area contributed by atoms with Crippen molar-refractivity contribution in [3.05, 3.63) is 17.2 Å². The van der Waals surface area contributed by atoms with E-state index in [9.17, 15) is 9.59 Å². The van der Waals surface area contributed by atoms with Crippen LogP contribution in [0.1, 0.15) is 46.1 Å². The maximum Gasteiger partial charge on any atom is 0.287 e. The van der Waals surface area contributed by atoms with Crippen molar-refractivity contribution < 1.29 is 14.3 Å². The number of nitrogens with one attached hydrogen (secondary N) is 1. The molecule has 26 heavy (non-hydrogen) atoms. The quantitative estimate of drug-likeness (QED) is 0.739. The molecule has 2 amide bonds. The molecule has 2 aliphatic rings. The second-order valence-electron chi connectivity index (χ2n) is 7.04. The molecule has 0 aliphatic carbocycles. The number of aromatic nitrogens is 2. The zero-order valence-corrected chi connectivity index (χ0v) is 15.8. The van der Waals surface area contributed by atoms with E-state index in [-0.39, 0.29) is 11.8 Å². The minimum absolute atomic E-state index is 0.0396. The van der Waals surface area contributed by atoms with Crippen LogP contribution in [0.2, 0.25) is 0 Å². The van der Waals surface area contributed by atoms with E-state index in [1.807, 2.05) is 9.47 Å². The van der Waals surface area contributed by atoms with Crippen LogP contribution in [0.15, 0.2) is 0 Å². The summed E-state index contributed by atoms with van der Waals surface area (Å²) in [6.07, 6.45) is 3.60. The fraction of sp³-hybridized carbons (Fsp3) is 0.722. The number of amides is 2. The van der Waals surface area contributed by atoms with Crippen molar-refractivity contribution in [3.63, 3.8) is 0 Å². The van der Waals surface area contributed by atoms with Gasteiger partial charge in [0.1, 0.15) is 5.69 Å². The highest BCUT2D eigenvalue weighted by Gasteiger charge is 2.30. The van der Waals surface area contributed by atoms with Crippen molar-refractivity contribution in [1.82, 2.24) is 24.7 Å². The van der Waals surface area contributed by atoms with E-state index in [0.29, 0.717) is 37.8 Å². The fourth-order valence-corrected chi connectivity index (χ4v) is 3.54. The van der Waals surface area contributed by atoms with Gasteiger partial charge in [-0.25, -0.2) is 4.98 Å². The molecule has 3 rings (SSSR count). The van der Waals surface area contributed by atoms with Crippen LogP contribution in [0, 0.1) is 0 Å². The molecule has 0 spiro atoms. The van der Waals surface area contributed by atoms with Gasteiger partial charge in [0.25, 0.3) is 11.8 Å². The number of hydrogen-bond donors (Lipinski definition) is 1. The summed E-state index contributed by atoms with van der Waals surface area (Å²) in [5.41, 5.74) is 1.39. The summed E-state index contributed by atoms with van der Waals surface area (Å²) in [6, 6.07) is 0. The van der Waals surface area contributed by atoms with Gasteiger partial charge in [0.05, 0.1) is 5.69 Å². The zero-order valence-electron chi connectivity index (χ0n) is 15.8. The Morgan fingerprint density at radius 2 is 1.92 bits per heavy atom. The Balaban J connectivity index is 1.77. The molecule has 1 fully saturated rings. The smallest absolute Gasteiger partial charge is 0.287 e. The van der Waals surface area contributed by atoms with Crippen LogP contribution >= 0.6 is 0 Å². The van der Waals surface area contributed by atoms with Crippen LogP contribution in [0.4, 0.5) is 0 Å². The van der Waals surface area contributed by atoms with Crippen molar-refractivity contribution in [2.75, 3.05) is 53.5 Å². The highest BCUT2D eigenvalue weighted by molar-refractivity contribution is 5.97. The lowest BCUT2D eigenvalue weighted by Crippen LogP contribution is -2.47. The second-order valence-corrected chi connectivity index (χ2v) is 7.04. The first kappa shape index (κ1) is 18.8. The van der Waals surface area contributed by atoms with E-state index in [4.69, 9.17) is 4.74 Å². The van der Waals surface area contributed by atoms with Crippen LogP contribution in [0.5, 0.6) is 0 Å². The van der Waals surface area contributed by atoms with Crippen molar-refractivity contribution in [1.29, 1.82) is 0 Å². The Hall–Kier alpha value is -1.93. The first-order valence-corrected chi connectivity index (χ1v) is 9.46. The van der Waals surface area contributed by atoms with Gasteiger partial charge in [-0.1, -0.05) is 0 Å². The molecule has 0 aromatic carbocycles. The molecule has 144 valence electrons. The molecule has 0 saturated carbocycles. The molecule has 0 bridgehead atoms. The maximum atomic E-state index is 13.0. The molecule has 1 saturated heterocycles. The average molecular weight is 363 g/mol. The summed E-state index contributed by atoms with van der Waals surface area (Å²) in [7, 11) is 3.70. The molecular formula is C18H29N5O3. The molecule has 3 heterocycles. The SMILES string of the molecule is COCCCNC(=O)c1nc(C(=O)N2CCN(C)CC2)c2n1CCCC2. The lowest BCUT2D eigenvalue weighted by atomic mass is 10.1. The molecule has 8 nitrogen and oxygen atoms in total. The van der Waals surface area contributed by atoms with Gasteiger partial charge in [-0.2, -0.15) is 0 Å². The Morgan fingerprint density at radius 1 is 1.15 bits per heavy atom. The number of nitrogens with zero attached hydrogens (tertiary/aromatic N) is 4. The van der Waals surface area contributed by atoms with Crippen molar-refractivity contribution in [2.45, 2.75) is 32.2 Å². The first-order valence-electron chi connectivity index (χ1n) is 9.46. The molecule has 1 N–H and O–H groups in total. The highest BCUT2D eigenvalue weighted by Crippen LogP contribution is 2.22. The van der Waals surface area contributed by atoms with Gasteiger partial charge in [0, 0.05) is 53.0 Å². The summed E-state index contributed by atoms with van der Waals surface area (Å²) < 4.78 is 6.95. The normalized spacial score (nSPS) is 17.8. The molecule has 8 heteroatoms. The highest BCUT2D eigenvalue weighted by atomic mass is 16.5. The van der Waals surface area contributed by atoms with E-state index >= 15 is 0 Å². The summed E-state index contributed by atoms with van der Waals surface area (Å²) in [5.74, 6) is 0.124. The zero-order chi connectivity index (χ0) is 18.5. The lowest BCUT2D eigenvalue weighted by Gasteiger charge is -2.32. The van der Waals surface area contributed by atoms with Crippen LogP contribution in [0.3, 0.4) is 0 Å². The first-order chi connectivity index (χ1) is 12.6.